The molecule has 1 aromatic heterocycles. The van der Waals surface area contributed by atoms with Crippen molar-refractivity contribution < 1.29 is 9.59 Å². The second kappa shape index (κ2) is 11.6. The van der Waals surface area contributed by atoms with E-state index in [4.69, 9.17) is 9.97 Å². The first-order valence-electron chi connectivity index (χ1n) is 14.1. The van der Waals surface area contributed by atoms with Crippen molar-refractivity contribution in [1.29, 1.82) is 0 Å². The van der Waals surface area contributed by atoms with E-state index in [0.717, 1.165) is 55.5 Å². The maximum absolute atomic E-state index is 14.1. The van der Waals surface area contributed by atoms with E-state index in [-0.39, 0.29) is 29.8 Å². The molecule has 200 valence electrons. The van der Waals surface area contributed by atoms with Crippen LogP contribution in [0.4, 0.5) is 0 Å². The van der Waals surface area contributed by atoms with Gasteiger partial charge in [-0.25, -0.2) is 9.97 Å². The van der Waals surface area contributed by atoms with Crippen molar-refractivity contribution in [2.75, 3.05) is 13.6 Å². The van der Waals surface area contributed by atoms with Crippen molar-refractivity contribution in [2.45, 2.75) is 76.9 Å². The van der Waals surface area contributed by atoms with Crippen LogP contribution in [0.2, 0.25) is 0 Å². The van der Waals surface area contributed by atoms with E-state index in [1.165, 1.54) is 17.2 Å². The van der Waals surface area contributed by atoms with Gasteiger partial charge in [-0.15, -0.1) is 0 Å². The average Bonchev–Trinajstić information content (AvgIpc) is 3.45. The Labute approximate surface area is 225 Å². The number of amides is 2. The van der Waals surface area contributed by atoms with Crippen molar-refractivity contribution in [1.82, 2.24) is 25.5 Å². The normalized spacial score (nSPS) is 19.9. The Hall–Kier alpha value is -3.32. The molecule has 1 saturated heterocycles. The maximum atomic E-state index is 14.1. The Bertz CT molecular complexity index is 1300. The Morgan fingerprint density at radius 1 is 0.947 bits per heavy atom. The Balaban J connectivity index is 1.43. The zero-order valence-electron chi connectivity index (χ0n) is 22.7. The van der Waals surface area contributed by atoms with Crippen LogP contribution in [0.3, 0.4) is 0 Å². The first-order valence-corrected chi connectivity index (χ1v) is 14.1. The zero-order chi connectivity index (χ0) is 26.6. The summed E-state index contributed by atoms with van der Waals surface area (Å²) < 4.78 is 0. The van der Waals surface area contributed by atoms with Gasteiger partial charge < -0.3 is 15.5 Å². The molecule has 1 aliphatic heterocycles. The summed E-state index contributed by atoms with van der Waals surface area (Å²) in [6.07, 6.45) is 7.14. The number of nitrogens with one attached hydrogen (secondary N) is 2. The Kier molecular flexibility index (Phi) is 8.03. The average molecular weight is 514 g/mol. The van der Waals surface area contributed by atoms with Gasteiger partial charge in [0, 0.05) is 12.1 Å². The lowest BCUT2D eigenvalue weighted by Crippen LogP contribution is -2.55. The summed E-state index contributed by atoms with van der Waals surface area (Å²) in [6.45, 7) is 4.42. The van der Waals surface area contributed by atoms with Gasteiger partial charge in [-0.3, -0.25) is 9.59 Å². The molecule has 0 spiro atoms. The lowest BCUT2D eigenvalue weighted by atomic mass is 9.83. The minimum absolute atomic E-state index is 0.0274. The molecule has 3 aromatic rings. The quantitative estimate of drug-likeness (QED) is 0.467. The molecule has 7 heteroatoms. The van der Waals surface area contributed by atoms with Gasteiger partial charge >= 0.3 is 0 Å². The van der Waals surface area contributed by atoms with Gasteiger partial charge in [-0.05, 0) is 75.4 Å². The molecule has 1 aliphatic carbocycles. The summed E-state index contributed by atoms with van der Waals surface area (Å²) in [5, 5.41) is 8.49. The van der Waals surface area contributed by atoms with Crippen LogP contribution in [-0.4, -0.2) is 52.4 Å². The number of likely N-dealkylation sites (N-methyl/N-ethyl adjacent to an activating group) is 1. The zero-order valence-corrected chi connectivity index (χ0v) is 22.7. The molecule has 2 aliphatic rings. The third kappa shape index (κ3) is 5.58. The Morgan fingerprint density at radius 3 is 2.47 bits per heavy atom. The third-order valence-corrected chi connectivity index (χ3v) is 8.29. The number of hydrogen-bond donors (Lipinski definition) is 2. The summed E-state index contributed by atoms with van der Waals surface area (Å²) >= 11 is 0. The van der Waals surface area contributed by atoms with Gasteiger partial charge in [0.05, 0.1) is 23.5 Å². The van der Waals surface area contributed by atoms with Crippen LogP contribution < -0.4 is 10.6 Å². The van der Waals surface area contributed by atoms with Gasteiger partial charge in [0.2, 0.25) is 11.8 Å². The van der Waals surface area contributed by atoms with E-state index in [2.05, 4.69) is 41.0 Å². The molecule has 2 fully saturated rings. The van der Waals surface area contributed by atoms with E-state index in [1.54, 1.807) is 7.05 Å². The van der Waals surface area contributed by atoms with Crippen molar-refractivity contribution in [3.05, 3.63) is 60.0 Å². The van der Waals surface area contributed by atoms with Gasteiger partial charge in [-0.2, -0.15) is 0 Å². The molecule has 2 heterocycles. The molecule has 0 bridgehead atoms. The highest BCUT2D eigenvalue weighted by molar-refractivity contribution is 5.90. The molecule has 3 unspecified atom stereocenters. The number of rotatable bonds is 7. The Morgan fingerprint density at radius 2 is 1.71 bits per heavy atom. The summed E-state index contributed by atoms with van der Waals surface area (Å²) in [5.74, 6) is 0.777. The molecule has 5 rings (SSSR count). The lowest BCUT2D eigenvalue weighted by molar-refractivity contribution is -0.139. The fraction of sp³-hybridized carbons (Fsp3) is 0.484. The standard InChI is InChI=1S/C31H39N5O2/c1-20(32-3)30(37)35-29(23-11-5-4-6-12-23)31(38)36-17-9-14-28(36)27-19-26(33-21(2)34-27)25-16-15-22-10-7-8-13-24(22)18-25/h7-8,10,13,15-16,18-20,23,28-29,32H,4-6,9,11-12,14,17H2,1-3H3,(H,35,37). The van der Waals surface area contributed by atoms with E-state index in [1.807, 2.05) is 36.9 Å². The van der Waals surface area contributed by atoms with E-state index in [0.29, 0.717) is 12.4 Å². The van der Waals surface area contributed by atoms with Gasteiger partial charge in [0.15, 0.2) is 0 Å². The SMILES string of the molecule is CNC(C)C(=O)NC(C(=O)N1CCCC1c1cc(-c2ccc3ccccc3c2)nc(C)n1)C1CCCCC1. The van der Waals surface area contributed by atoms with Gasteiger partial charge in [0.1, 0.15) is 11.9 Å². The number of hydrogen-bond acceptors (Lipinski definition) is 5. The van der Waals surface area contributed by atoms with Crippen molar-refractivity contribution >= 4 is 22.6 Å². The molecule has 3 atom stereocenters. The minimum Gasteiger partial charge on any atom is -0.343 e. The number of carbonyl (C=O) groups is 2. The number of likely N-dealkylation sites (tertiary alicyclic amines) is 1. The second-order valence-corrected chi connectivity index (χ2v) is 10.9. The fourth-order valence-corrected chi connectivity index (χ4v) is 6.03. The summed E-state index contributed by atoms with van der Waals surface area (Å²) in [6, 6.07) is 15.8. The minimum atomic E-state index is -0.498. The summed E-state index contributed by atoms with van der Waals surface area (Å²) in [4.78, 5) is 38.5. The molecule has 2 N–H and O–H groups in total. The van der Waals surface area contributed by atoms with Crippen LogP contribution in [0.1, 0.15) is 69.4 Å². The van der Waals surface area contributed by atoms with Crippen LogP contribution in [0.25, 0.3) is 22.0 Å². The molecule has 1 saturated carbocycles. The smallest absolute Gasteiger partial charge is 0.246 e. The highest BCUT2D eigenvalue weighted by Crippen LogP contribution is 2.36. The first kappa shape index (κ1) is 26.3. The molecule has 0 radical (unpaired) electrons. The van der Waals surface area contributed by atoms with E-state index >= 15 is 0 Å². The van der Waals surface area contributed by atoms with Crippen LogP contribution in [0.15, 0.2) is 48.5 Å². The van der Waals surface area contributed by atoms with Crippen LogP contribution in [-0.2, 0) is 9.59 Å². The molecular weight excluding hydrogens is 474 g/mol. The largest absolute Gasteiger partial charge is 0.343 e. The lowest BCUT2D eigenvalue weighted by Gasteiger charge is -2.35. The number of benzene rings is 2. The molecule has 7 nitrogen and oxygen atoms in total. The number of carbonyl (C=O) groups excluding carboxylic acids is 2. The van der Waals surface area contributed by atoms with Crippen molar-refractivity contribution in [3.8, 4) is 11.3 Å². The summed E-state index contributed by atoms with van der Waals surface area (Å²) in [5.41, 5.74) is 2.79. The van der Waals surface area contributed by atoms with Gasteiger partial charge in [0.25, 0.3) is 0 Å². The number of nitrogens with zero attached hydrogens (tertiary/aromatic N) is 3. The molecule has 2 aromatic carbocycles. The molecular formula is C31H39N5O2. The third-order valence-electron chi connectivity index (χ3n) is 8.29. The predicted octanol–water partition coefficient (Wildman–Crippen LogP) is 4.94. The van der Waals surface area contributed by atoms with Gasteiger partial charge in [-0.1, -0.05) is 55.7 Å². The monoisotopic (exact) mass is 513 g/mol. The number of fused-ring (bicyclic) bond motifs is 1. The fourth-order valence-electron chi connectivity index (χ4n) is 6.03. The van der Waals surface area contributed by atoms with Crippen LogP contribution >= 0.6 is 0 Å². The van der Waals surface area contributed by atoms with Crippen molar-refractivity contribution in [2.24, 2.45) is 5.92 Å². The predicted molar refractivity (Wildman–Crippen MR) is 150 cm³/mol. The van der Waals surface area contributed by atoms with Crippen LogP contribution in [0.5, 0.6) is 0 Å². The topological polar surface area (TPSA) is 87.2 Å². The maximum Gasteiger partial charge on any atom is 0.246 e. The highest BCUT2D eigenvalue weighted by atomic mass is 16.2. The van der Waals surface area contributed by atoms with E-state index < -0.39 is 6.04 Å². The first-order chi connectivity index (χ1) is 18.4. The summed E-state index contributed by atoms with van der Waals surface area (Å²) in [7, 11) is 1.77. The number of aromatic nitrogens is 2. The second-order valence-electron chi connectivity index (χ2n) is 10.9. The number of aryl methyl sites for hydroxylation is 1. The van der Waals surface area contributed by atoms with Crippen LogP contribution in [0, 0.1) is 12.8 Å². The molecule has 2 amide bonds. The van der Waals surface area contributed by atoms with E-state index in [9.17, 15) is 9.59 Å². The highest BCUT2D eigenvalue weighted by Gasteiger charge is 2.39. The molecule has 38 heavy (non-hydrogen) atoms. The van der Waals surface area contributed by atoms with Crippen molar-refractivity contribution in [3.63, 3.8) is 0 Å².